The van der Waals surface area contributed by atoms with Crippen LogP contribution < -0.4 is 5.32 Å². The number of carbonyl (C=O) groups is 1. The maximum absolute atomic E-state index is 13.2. The molecule has 1 atom stereocenters. The highest BCUT2D eigenvalue weighted by molar-refractivity contribution is 6.30. The lowest BCUT2D eigenvalue weighted by Gasteiger charge is -2.25. The van der Waals surface area contributed by atoms with Gasteiger partial charge in [-0.2, -0.15) is 0 Å². The number of hydrogen-bond acceptors (Lipinski definition) is 2. The molecule has 0 saturated heterocycles. The number of aliphatic hydroxyl groups is 1. The summed E-state index contributed by atoms with van der Waals surface area (Å²) >= 11 is 5.78. The summed E-state index contributed by atoms with van der Waals surface area (Å²) in [7, 11) is 0. The van der Waals surface area contributed by atoms with Gasteiger partial charge >= 0.3 is 6.03 Å². The van der Waals surface area contributed by atoms with Crippen molar-refractivity contribution in [2.45, 2.75) is 44.7 Å². The van der Waals surface area contributed by atoms with Crippen molar-refractivity contribution in [3.8, 4) is 0 Å². The van der Waals surface area contributed by atoms with Gasteiger partial charge in [0.15, 0.2) is 0 Å². The Morgan fingerprint density at radius 3 is 2.82 bits per heavy atom. The smallest absolute Gasteiger partial charge is 0.318 e. The number of urea groups is 1. The third-order valence-electron chi connectivity index (χ3n) is 3.84. The normalized spacial score (nSPS) is 15.5. The number of amides is 2. The predicted octanol–water partition coefficient (Wildman–Crippen LogP) is 3.49. The minimum atomic E-state index is -0.465. The molecule has 1 unspecified atom stereocenters. The van der Waals surface area contributed by atoms with E-state index in [1.54, 1.807) is 6.07 Å². The van der Waals surface area contributed by atoms with Gasteiger partial charge < -0.3 is 15.3 Å². The summed E-state index contributed by atoms with van der Waals surface area (Å²) in [5.74, 6) is -0.465. The van der Waals surface area contributed by atoms with Crippen molar-refractivity contribution >= 4 is 17.6 Å². The van der Waals surface area contributed by atoms with Crippen LogP contribution in [0.4, 0.5) is 9.18 Å². The molecule has 4 nitrogen and oxygen atoms in total. The third kappa shape index (κ3) is 4.58. The van der Waals surface area contributed by atoms with Gasteiger partial charge in [0.05, 0.1) is 11.1 Å². The minimum absolute atomic E-state index is 0.0561. The zero-order chi connectivity index (χ0) is 16.1. The van der Waals surface area contributed by atoms with E-state index >= 15 is 0 Å². The van der Waals surface area contributed by atoms with E-state index in [2.05, 4.69) is 5.32 Å². The van der Waals surface area contributed by atoms with E-state index in [-0.39, 0.29) is 23.7 Å². The fourth-order valence-electron chi connectivity index (χ4n) is 2.36. The molecule has 2 N–H and O–H groups in total. The average Bonchev–Trinajstić information content (AvgIpc) is 3.31. The number of nitrogens with one attached hydrogen (secondary N) is 1. The van der Waals surface area contributed by atoms with Crippen molar-refractivity contribution in [3.05, 3.63) is 34.6 Å². The van der Waals surface area contributed by atoms with Crippen molar-refractivity contribution in [2.24, 2.45) is 0 Å². The standard InChI is InChI=1S/C16H22ClFN2O2/c1-11(12-4-7-15(18)14(17)10-12)19-16(22)20(13-5-6-13)8-2-3-9-21/h4,7,10-11,13,21H,2-3,5-6,8-9H2,1H3,(H,19,22). The number of rotatable bonds is 7. The molecular weight excluding hydrogens is 307 g/mol. The zero-order valence-electron chi connectivity index (χ0n) is 12.7. The molecule has 0 radical (unpaired) electrons. The van der Waals surface area contributed by atoms with Gasteiger partial charge in [-0.15, -0.1) is 0 Å². The molecule has 22 heavy (non-hydrogen) atoms. The Morgan fingerprint density at radius 1 is 1.50 bits per heavy atom. The van der Waals surface area contributed by atoms with Gasteiger partial charge in [0.25, 0.3) is 0 Å². The van der Waals surface area contributed by atoms with E-state index in [4.69, 9.17) is 16.7 Å². The van der Waals surface area contributed by atoms with Gasteiger partial charge in [0, 0.05) is 19.2 Å². The number of nitrogens with zero attached hydrogens (tertiary/aromatic N) is 1. The van der Waals surface area contributed by atoms with E-state index < -0.39 is 5.82 Å². The molecule has 1 aliphatic carbocycles. The summed E-state index contributed by atoms with van der Waals surface area (Å²) in [5.41, 5.74) is 0.769. The van der Waals surface area contributed by atoms with Gasteiger partial charge in [0.2, 0.25) is 0 Å². The zero-order valence-corrected chi connectivity index (χ0v) is 13.4. The van der Waals surface area contributed by atoms with E-state index in [1.807, 2.05) is 11.8 Å². The Bertz CT molecular complexity index is 523. The molecule has 1 aromatic rings. The first-order valence-corrected chi connectivity index (χ1v) is 8.03. The Morgan fingerprint density at radius 2 is 2.23 bits per heavy atom. The fourth-order valence-corrected chi connectivity index (χ4v) is 2.55. The molecule has 0 spiro atoms. The molecule has 1 fully saturated rings. The molecule has 122 valence electrons. The summed E-state index contributed by atoms with van der Waals surface area (Å²) in [4.78, 5) is 14.2. The lowest BCUT2D eigenvalue weighted by atomic mass is 10.1. The van der Waals surface area contributed by atoms with Crippen molar-refractivity contribution in [2.75, 3.05) is 13.2 Å². The van der Waals surface area contributed by atoms with Crippen LogP contribution in [-0.2, 0) is 0 Å². The van der Waals surface area contributed by atoms with E-state index in [1.165, 1.54) is 12.1 Å². The lowest BCUT2D eigenvalue weighted by molar-refractivity contribution is 0.187. The van der Waals surface area contributed by atoms with Crippen LogP contribution in [0.15, 0.2) is 18.2 Å². The molecule has 0 aliphatic heterocycles. The molecule has 1 aliphatic rings. The lowest BCUT2D eigenvalue weighted by Crippen LogP contribution is -2.43. The SMILES string of the molecule is CC(NC(=O)N(CCCCO)C1CC1)c1ccc(F)c(Cl)c1. The molecular formula is C16H22ClFN2O2. The van der Waals surface area contributed by atoms with Crippen LogP contribution >= 0.6 is 11.6 Å². The van der Waals surface area contributed by atoms with Crippen molar-refractivity contribution in [1.82, 2.24) is 10.2 Å². The largest absolute Gasteiger partial charge is 0.396 e. The molecule has 2 amide bonds. The van der Waals surface area contributed by atoms with Crippen LogP contribution in [0.1, 0.15) is 44.2 Å². The van der Waals surface area contributed by atoms with Crippen LogP contribution in [0.5, 0.6) is 0 Å². The fraction of sp³-hybridized carbons (Fsp3) is 0.562. The summed E-state index contributed by atoms with van der Waals surface area (Å²) in [6.07, 6.45) is 3.55. The second kappa shape index (κ2) is 7.79. The number of unbranched alkanes of at least 4 members (excludes halogenated alkanes) is 1. The van der Waals surface area contributed by atoms with Gasteiger partial charge in [0.1, 0.15) is 5.82 Å². The number of aliphatic hydroxyl groups excluding tert-OH is 1. The Kier molecular flexibility index (Phi) is 6.03. The van der Waals surface area contributed by atoms with Crippen molar-refractivity contribution in [3.63, 3.8) is 0 Å². The Balaban J connectivity index is 1.94. The Hall–Kier alpha value is -1.33. The van der Waals surface area contributed by atoms with Crippen LogP contribution in [-0.4, -0.2) is 35.2 Å². The van der Waals surface area contributed by atoms with Crippen LogP contribution in [0, 0.1) is 5.82 Å². The van der Waals surface area contributed by atoms with Crippen LogP contribution in [0.3, 0.4) is 0 Å². The van der Waals surface area contributed by atoms with Gasteiger partial charge in [-0.25, -0.2) is 9.18 Å². The third-order valence-corrected chi connectivity index (χ3v) is 4.13. The number of halogens is 2. The summed E-state index contributed by atoms with van der Waals surface area (Å²) in [5, 5.41) is 11.8. The maximum atomic E-state index is 13.2. The predicted molar refractivity (Wildman–Crippen MR) is 84.4 cm³/mol. The minimum Gasteiger partial charge on any atom is -0.396 e. The second-order valence-electron chi connectivity index (χ2n) is 5.70. The van der Waals surface area contributed by atoms with Gasteiger partial charge in [-0.1, -0.05) is 17.7 Å². The summed E-state index contributed by atoms with van der Waals surface area (Å²) < 4.78 is 13.2. The van der Waals surface area contributed by atoms with Crippen molar-refractivity contribution < 1.29 is 14.3 Å². The number of hydrogen-bond donors (Lipinski definition) is 2. The monoisotopic (exact) mass is 328 g/mol. The second-order valence-corrected chi connectivity index (χ2v) is 6.11. The summed E-state index contributed by atoms with van der Waals surface area (Å²) in [6, 6.07) is 4.41. The first-order chi connectivity index (χ1) is 10.5. The van der Waals surface area contributed by atoms with Gasteiger partial charge in [-0.05, 0) is 50.3 Å². The molecule has 1 saturated carbocycles. The first-order valence-electron chi connectivity index (χ1n) is 7.66. The average molecular weight is 329 g/mol. The highest BCUT2D eigenvalue weighted by Gasteiger charge is 2.32. The van der Waals surface area contributed by atoms with E-state index in [0.29, 0.717) is 19.0 Å². The van der Waals surface area contributed by atoms with E-state index in [0.717, 1.165) is 24.8 Å². The topological polar surface area (TPSA) is 52.6 Å². The van der Waals surface area contributed by atoms with Gasteiger partial charge in [-0.3, -0.25) is 0 Å². The highest BCUT2D eigenvalue weighted by atomic mass is 35.5. The van der Waals surface area contributed by atoms with E-state index in [9.17, 15) is 9.18 Å². The highest BCUT2D eigenvalue weighted by Crippen LogP contribution is 2.28. The Labute approximate surface area is 135 Å². The van der Waals surface area contributed by atoms with Crippen molar-refractivity contribution in [1.29, 1.82) is 0 Å². The van der Waals surface area contributed by atoms with Crippen LogP contribution in [0.25, 0.3) is 0 Å². The molecule has 0 bridgehead atoms. The molecule has 6 heteroatoms. The first kappa shape index (κ1) is 17.0. The quantitative estimate of drug-likeness (QED) is 0.753. The molecule has 1 aromatic carbocycles. The molecule has 2 rings (SSSR count). The molecule has 0 heterocycles. The molecule has 0 aromatic heterocycles. The van der Waals surface area contributed by atoms with Crippen LogP contribution in [0.2, 0.25) is 5.02 Å². The maximum Gasteiger partial charge on any atom is 0.318 e. The number of benzene rings is 1. The summed E-state index contributed by atoms with van der Waals surface area (Å²) in [6.45, 7) is 2.64. The number of carbonyl (C=O) groups excluding carboxylic acids is 1.